The summed E-state index contributed by atoms with van der Waals surface area (Å²) >= 11 is 5.00. The Morgan fingerprint density at radius 2 is 2.53 bits per heavy atom. The Hall–Kier alpha value is -0.860. The van der Waals surface area contributed by atoms with E-state index in [-0.39, 0.29) is 11.8 Å². The van der Waals surface area contributed by atoms with Gasteiger partial charge in [-0.05, 0) is 22.0 Å². The van der Waals surface area contributed by atoms with Gasteiger partial charge in [0.25, 0.3) is 0 Å². The summed E-state index contributed by atoms with van der Waals surface area (Å²) in [5.74, 6) is -0.0352. The van der Waals surface area contributed by atoms with Crippen molar-refractivity contribution in [3.05, 3.63) is 20.8 Å². The minimum Gasteiger partial charge on any atom is -0.336 e. The van der Waals surface area contributed by atoms with E-state index in [2.05, 4.69) is 22.0 Å². The molecular formula is C10H9BrN2OS. The number of thiophene rings is 1. The smallest absolute Gasteiger partial charge is 0.224 e. The van der Waals surface area contributed by atoms with Crippen molar-refractivity contribution in [3.8, 4) is 6.07 Å². The summed E-state index contributed by atoms with van der Waals surface area (Å²) in [6.07, 6.45) is 0.378. The minimum atomic E-state index is -0.124. The van der Waals surface area contributed by atoms with Crippen LogP contribution in [0, 0.1) is 17.2 Å². The van der Waals surface area contributed by atoms with Crippen LogP contribution in [-0.4, -0.2) is 17.4 Å². The van der Waals surface area contributed by atoms with Crippen LogP contribution in [0.4, 0.5) is 0 Å². The van der Waals surface area contributed by atoms with Crippen LogP contribution in [0.5, 0.6) is 0 Å². The van der Waals surface area contributed by atoms with Crippen molar-refractivity contribution in [2.75, 3.05) is 6.54 Å². The maximum Gasteiger partial charge on any atom is 0.224 e. The fraction of sp³-hybridized carbons (Fsp3) is 0.400. The fourth-order valence-corrected chi connectivity index (χ4v) is 3.10. The summed E-state index contributed by atoms with van der Waals surface area (Å²) in [7, 11) is 0. The zero-order valence-electron chi connectivity index (χ0n) is 7.94. The number of likely N-dealkylation sites (tertiary alicyclic amines) is 1. The first-order valence-corrected chi connectivity index (χ1v) is 6.26. The van der Waals surface area contributed by atoms with Gasteiger partial charge < -0.3 is 4.90 Å². The monoisotopic (exact) mass is 284 g/mol. The number of halogens is 1. The third kappa shape index (κ3) is 2.39. The minimum absolute atomic E-state index is 0.0890. The van der Waals surface area contributed by atoms with Crippen molar-refractivity contribution in [1.29, 1.82) is 5.26 Å². The average molecular weight is 285 g/mol. The second-order valence-electron chi connectivity index (χ2n) is 3.54. The lowest BCUT2D eigenvalue weighted by Gasteiger charge is -2.13. The molecule has 0 saturated carbocycles. The summed E-state index contributed by atoms with van der Waals surface area (Å²) in [4.78, 5) is 14.4. The lowest BCUT2D eigenvalue weighted by atomic mass is 10.1. The molecule has 1 unspecified atom stereocenters. The molecule has 1 aliphatic rings. The molecule has 0 radical (unpaired) electrons. The predicted octanol–water partition coefficient (Wildman–Crippen LogP) is 2.38. The standard InChI is InChI=1S/C10H9BrN2OS/c11-8-2-9(15-6-8)5-13-4-7(3-12)1-10(13)14/h2,6-7H,1,4-5H2. The second-order valence-corrected chi connectivity index (χ2v) is 5.45. The molecule has 78 valence electrons. The lowest BCUT2D eigenvalue weighted by Crippen LogP contribution is -2.23. The third-order valence-corrected chi connectivity index (χ3v) is 4.05. The van der Waals surface area contributed by atoms with E-state index in [1.54, 1.807) is 16.2 Å². The molecule has 15 heavy (non-hydrogen) atoms. The molecular weight excluding hydrogens is 276 g/mol. The van der Waals surface area contributed by atoms with E-state index >= 15 is 0 Å². The number of carbonyl (C=O) groups excluding carboxylic acids is 1. The lowest BCUT2D eigenvalue weighted by molar-refractivity contribution is -0.128. The third-order valence-electron chi connectivity index (χ3n) is 2.37. The van der Waals surface area contributed by atoms with E-state index < -0.39 is 0 Å². The van der Waals surface area contributed by atoms with Gasteiger partial charge in [0.1, 0.15) is 0 Å². The van der Waals surface area contributed by atoms with Gasteiger partial charge in [0.2, 0.25) is 5.91 Å². The highest BCUT2D eigenvalue weighted by atomic mass is 79.9. The molecule has 0 N–H and O–H groups in total. The van der Waals surface area contributed by atoms with Crippen molar-refractivity contribution in [3.63, 3.8) is 0 Å². The second kappa shape index (κ2) is 4.33. The van der Waals surface area contributed by atoms with Crippen LogP contribution in [0.2, 0.25) is 0 Å². The summed E-state index contributed by atoms with van der Waals surface area (Å²) in [5.41, 5.74) is 0. The predicted molar refractivity (Wildman–Crippen MR) is 61.2 cm³/mol. The number of carbonyl (C=O) groups is 1. The zero-order chi connectivity index (χ0) is 10.8. The number of nitrogens with zero attached hydrogens (tertiary/aromatic N) is 2. The summed E-state index contributed by atoms with van der Waals surface area (Å²) in [6.45, 7) is 1.21. The molecule has 2 heterocycles. The molecule has 1 aromatic heterocycles. The summed E-state index contributed by atoms with van der Waals surface area (Å²) in [5, 5.41) is 10.7. The molecule has 0 bridgehead atoms. The SMILES string of the molecule is N#CC1CC(=O)N(Cc2cc(Br)cs2)C1. The van der Waals surface area contributed by atoms with Gasteiger partial charge in [-0.15, -0.1) is 11.3 Å². The average Bonchev–Trinajstić information content (AvgIpc) is 2.75. The Bertz CT molecular complexity index is 423. The quantitative estimate of drug-likeness (QED) is 0.837. The van der Waals surface area contributed by atoms with Crippen LogP contribution in [0.25, 0.3) is 0 Å². The van der Waals surface area contributed by atoms with E-state index in [1.807, 2.05) is 11.4 Å². The van der Waals surface area contributed by atoms with Crippen LogP contribution in [-0.2, 0) is 11.3 Å². The topological polar surface area (TPSA) is 44.1 Å². The molecule has 0 aromatic carbocycles. The van der Waals surface area contributed by atoms with Crippen molar-refractivity contribution in [1.82, 2.24) is 4.90 Å². The van der Waals surface area contributed by atoms with Crippen LogP contribution in [0.1, 0.15) is 11.3 Å². The highest BCUT2D eigenvalue weighted by Crippen LogP contribution is 2.24. The normalized spacial score (nSPS) is 20.7. The zero-order valence-corrected chi connectivity index (χ0v) is 10.3. The van der Waals surface area contributed by atoms with Crippen molar-refractivity contribution >= 4 is 33.2 Å². The maximum atomic E-state index is 11.5. The molecule has 3 nitrogen and oxygen atoms in total. The van der Waals surface area contributed by atoms with E-state index in [4.69, 9.17) is 5.26 Å². The van der Waals surface area contributed by atoms with Gasteiger partial charge in [-0.1, -0.05) is 0 Å². The molecule has 1 aliphatic heterocycles. The van der Waals surface area contributed by atoms with Crippen LogP contribution < -0.4 is 0 Å². The van der Waals surface area contributed by atoms with Crippen LogP contribution in [0.3, 0.4) is 0 Å². The van der Waals surface area contributed by atoms with Crippen molar-refractivity contribution in [2.24, 2.45) is 5.92 Å². The molecule has 1 atom stereocenters. The van der Waals surface area contributed by atoms with Crippen LogP contribution in [0.15, 0.2) is 15.9 Å². The number of hydrogen-bond acceptors (Lipinski definition) is 3. The van der Waals surface area contributed by atoms with Gasteiger partial charge in [0.05, 0.1) is 18.5 Å². The van der Waals surface area contributed by atoms with Gasteiger partial charge >= 0.3 is 0 Å². The highest BCUT2D eigenvalue weighted by molar-refractivity contribution is 9.10. The van der Waals surface area contributed by atoms with Crippen molar-refractivity contribution in [2.45, 2.75) is 13.0 Å². The Labute approximate surface area is 100 Å². The van der Waals surface area contributed by atoms with E-state index in [9.17, 15) is 4.79 Å². The number of nitriles is 1. The van der Waals surface area contributed by atoms with E-state index in [0.29, 0.717) is 19.5 Å². The molecule has 1 fully saturated rings. The Balaban J connectivity index is 2.02. The molecule has 1 aromatic rings. The first-order chi connectivity index (χ1) is 7.19. The molecule has 0 spiro atoms. The fourth-order valence-electron chi connectivity index (χ4n) is 1.64. The van der Waals surface area contributed by atoms with Gasteiger partial charge in [0.15, 0.2) is 0 Å². The Morgan fingerprint density at radius 3 is 3.07 bits per heavy atom. The Morgan fingerprint density at radius 1 is 1.73 bits per heavy atom. The molecule has 1 amide bonds. The molecule has 5 heteroatoms. The van der Waals surface area contributed by atoms with E-state index in [1.165, 1.54) is 0 Å². The highest BCUT2D eigenvalue weighted by Gasteiger charge is 2.29. The van der Waals surface area contributed by atoms with Gasteiger partial charge in [-0.25, -0.2) is 0 Å². The first-order valence-electron chi connectivity index (χ1n) is 4.59. The van der Waals surface area contributed by atoms with Gasteiger partial charge in [0, 0.05) is 27.7 Å². The molecule has 1 saturated heterocycles. The number of rotatable bonds is 2. The molecule has 2 rings (SSSR count). The summed E-state index contributed by atoms with van der Waals surface area (Å²) in [6, 6.07) is 4.16. The first kappa shape index (κ1) is 10.7. The Kier molecular flexibility index (Phi) is 3.08. The van der Waals surface area contributed by atoms with Crippen molar-refractivity contribution < 1.29 is 4.79 Å². The van der Waals surface area contributed by atoms with Gasteiger partial charge in [-0.3, -0.25) is 4.79 Å². The largest absolute Gasteiger partial charge is 0.336 e. The summed E-state index contributed by atoms with van der Waals surface area (Å²) < 4.78 is 1.05. The van der Waals surface area contributed by atoms with Crippen LogP contribution >= 0.6 is 27.3 Å². The molecule has 0 aliphatic carbocycles. The van der Waals surface area contributed by atoms with Gasteiger partial charge in [-0.2, -0.15) is 5.26 Å². The maximum absolute atomic E-state index is 11.5. The number of amides is 1. The number of hydrogen-bond donors (Lipinski definition) is 0. The van der Waals surface area contributed by atoms with E-state index in [0.717, 1.165) is 9.35 Å².